The summed E-state index contributed by atoms with van der Waals surface area (Å²) in [7, 11) is 0. The topological polar surface area (TPSA) is 97.7 Å². The zero-order valence-electron chi connectivity index (χ0n) is 10.5. The maximum atomic E-state index is 9.81. The molecule has 0 bridgehead atoms. The monoisotopic (exact) mass is 275 g/mol. The zero-order chi connectivity index (χ0) is 13.7. The highest BCUT2D eigenvalue weighted by molar-refractivity contribution is 5.85. The zero-order valence-corrected chi connectivity index (χ0v) is 10.5. The minimum absolute atomic E-state index is 0.206. The molecule has 0 aromatic carbocycles. The molecule has 104 valence electrons. The molecule has 1 unspecified atom stereocenters. The van der Waals surface area contributed by atoms with E-state index in [2.05, 4.69) is 15.0 Å². The standard InChI is InChI=1S/C12H13N5O3/c18-4-8-7(19)3-9(20-8)17-6-14-10-11-13-1-2-16(11)5-15-12(10)17/h1-2,5-9,18-19H,3-4H2/t7-,8+,9?/m0/s1. The van der Waals surface area contributed by atoms with Crippen molar-refractivity contribution in [1.29, 1.82) is 0 Å². The van der Waals surface area contributed by atoms with E-state index in [0.717, 1.165) is 5.65 Å². The second-order valence-corrected chi connectivity index (χ2v) is 4.84. The van der Waals surface area contributed by atoms with Crippen LogP contribution in [-0.4, -0.2) is 52.9 Å². The summed E-state index contributed by atoms with van der Waals surface area (Å²) in [6, 6.07) is 0. The Morgan fingerprint density at radius 1 is 1.25 bits per heavy atom. The van der Waals surface area contributed by atoms with Crippen molar-refractivity contribution in [3.05, 3.63) is 25.0 Å². The molecule has 3 atom stereocenters. The van der Waals surface area contributed by atoms with Crippen molar-refractivity contribution in [3.8, 4) is 0 Å². The third-order valence-electron chi connectivity index (χ3n) is 3.65. The Morgan fingerprint density at radius 3 is 2.95 bits per heavy atom. The van der Waals surface area contributed by atoms with Crippen LogP contribution in [0.15, 0.2) is 25.0 Å². The number of aliphatic hydroxyl groups is 2. The Morgan fingerprint density at radius 2 is 2.15 bits per heavy atom. The van der Waals surface area contributed by atoms with E-state index in [1.807, 2.05) is 0 Å². The molecule has 3 aromatic rings. The van der Waals surface area contributed by atoms with Gasteiger partial charge in [0.1, 0.15) is 18.7 Å². The maximum Gasteiger partial charge on any atom is 0.167 e. The third-order valence-corrected chi connectivity index (χ3v) is 3.65. The van der Waals surface area contributed by atoms with Crippen LogP contribution in [0, 0.1) is 0 Å². The average molecular weight is 275 g/mol. The molecule has 0 radical (unpaired) electrons. The van der Waals surface area contributed by atoms with E-state index in [1.165, 1.54) is 0 Å². The van der Waals surface area contributed by atoms with Gasteiger partial charge >= 0.3 is 0 Å². The van der Waals surface area contributed by atoms with Gasteiger partial charge in [-0.3, -0.25) is 8.97 Å². The quantitative estimate of drug-likeness (QED) is 0.667. The Hall–Kier alpha value is -2.03. The molecule has 8 heteroatoms. The van der Waals surface area contributed by atoms with Crippen molar-refractivity contribution >= 4 is 16.8 Å². The first-order chi connectivity index (χ1) is 9.78. The first-order valence-electron chi connectivity index (χ1n) is 6.36. The lowest BCUT2D eigenvalue weighted by Crippen LogP contribution is -2.24. The predicted octanol–water partition coefficient (Wildman–Crippen LogP) is -0.280. The Labute approximate surface area is 113 Å². The van der Waals surface area contributed by atoms with Crippen LogP contribution >= 0.6 is 0 Å². The lowest BCUT2D eigenvalue weighted by Gasteiger charge is -2.13. The molecule has 0 spiro atoms. The third kappa shape index (κ3) is 1.56. The number of fused-ring (bicyclic) bond motifs is 3. The number of aliphatic hydroxyl groups excluding tert-OH is 2. The van der Waals surface area contributed by atoms with Crippen LogP contribution in [0.3, 0.4) is 0 Å². The summed E-state index contributed by atoms with van der Waals surface area (Å²) in [5.74, 6) is 0. The van der Waals surface area contributed by atoms with Crippen LogP contribution in [0.1, 0.15) is 12.6 Å². The second-order valence-electron chi connectivity index (χ2n) is 4.84. The lowest BCUT2D eigenvalue weighted by molar-refractivity contribution is -0.0432. The van der Waals surface area contributed by atoms with Gasteiger partial charge in [0.05, 0.1) is 19.0 Å². The normalized spacial score (nSPS) is 26.8. The number of hydrogen-bond acceptors (Lipinski definition) is 6. The SMILES string of the molecule is OC[C@H]1OC(n2cnc3c2ncn2ccnc32)C[C@@H]1O. The highest BCUT2D eigenvalue weighted by atomic mass is 16.5. The molecule has 4 heterocycles. The van der Waals surface area contributed by atoms with Crippen LogP contribution in [0.25, 0.3) is 16.8 Å². The van der Waals surface area contributed by atoms with E-state index in [4.69, 9.17) is 9.84 Å². The number of imidazole rings is 2. The largest absolute Gasteiger partial charge is 0.394 e. The fourth-order valence-electron chi connectivity index (χ4n) is 2.61. The van der Waals surface area contributed by atoms with Gasteiger partial charge in [-0.2, -0.15) is 0 Å². The summed E-state index contributed by atoms with van der Waals surface area (Å²) < 4.78 is 9.18. The number of ether oxygens (including phenoxy) is 1. The Bertz CT molecular complexity index is 767. The Kier molecular flexibility index (Phi) is 2.49. The van der Waals surface area contributed by atoms with E-state index in [-0.39, 0.29) is 12.8 Å². The van der Waals surface area contributed by atoms with Crippen molar-refractivity contribution in [1.82, 2.24) is 23.9 Å². The average Bonchev–Trinajstić information content (AvgIpc) is 3.13. The minimum Gasteiger partial charge on any atom is -0.394 e. The van der Waals surface area contributed by atoms with Crippen molar-refractivity contribution in [2.24, 2.45) is 0 Å². The highest BCUT2D eigenvalue weighted by Crippen LogP contribution is 2.30. The van der Waals surface area contributed by atoms with Gasteiger partial charge in [0.25, 0.3) is 0 Å². The van der Waals surface area contributed by atoms with E-state index in [1.54, 1.807) is 34.0 Å². The molecule has 1 aliphatic rings. The van der Waals surface area contributed by atoms with Crippen molar-refractivity contribution in [3.63, 3.8) is 0 Å². The second kappa shape index (κ2) is 4.23. The molecule has 8 nitrogen and oxygen atoms in total. The number of nitrogens with zero attached hydrogens (tertiary/aromatic N) is 5. The smallest absolute Gasteiger partial charge is 0.167 e. The molecule has 1 aliphatic heterocycles. The van der Waals surface area contributed by atoms with Crippen LogP contribution in [-0.2, 0) is 4.74 Å². The van der Waals surface area contributed by atoms with E-state index < -0.39 is 12.2 Å². The van der Waals surface area contributed by atoms with E-state index in [9.17, 15) is 5.11 Å². The van der Waals surface area contributed by atoms with Crippen LogP contribution in [0.5, 0.6) is 0 Å². The predicted molar refractivity (Wildman–Crippen MR) is 67.9 cm³/mol. The van der Waals surface area contributed by atoms with Gasteiger partial charge in [-0.05, 0) is 0 Å². The van der Waals surface area contributed by atoms with Gasteiger partial charge in [0.15, 0.2) is 16.8 Å². The molecule has 4 rings (SSSR count). The first kappa shape index (κ1) is 11.8. The summed E-state index contributed by atoms with van der Waals surface area (Å²) >= 11 is 0. The van der Waals surface area contributed by atoms with Gasteiger partial charge in [-0.1, -0.05) is 0 Å². The number of rotatable bonds is 2. The fourth-order valence-corrected chi connectivity index (χ4v) is 2.61. The van der Waals surface area contributed by atoms with Crippen LogP contribution in [0.4, 0.5) is 0 Å². The van der Waals surface area contributed by atoms with E-state index >= 15 is 0 Å². The lowest BCUT2D eigenvalue weighted by atomic mass is 10.2. The van der Waals surface area contributed by atoms with Crippen molar-refractivity contribution in [2.75, 3.05) is 6.61 Å². The summed E-state index contributed by atoms with van der Waals surface area (Å²) in [5.41, 5.74) is 2.06. The van der Waals surface area contributed by atoms with Crippen LogP contribution < -0.4 is 0 Å². The molecule has 3 aromatic heterocycles. The maximum absolute atomic E-state index is 9.81. The molecule has 0 saturated carbocycles. The highest BCUT2D eigenvalue weighted by Gasteiger charge is 2.35. The summed E-state index contributed by atoms with van der Waals surface area (Å²) in [4.78, 5) is 12.9. The fraction of sp³-hybridized carbons (Fsp3) is 0.417. The Balaban J connectivity index is 1.81. The molecular weight excluding hydrogens is 262 g/mol. The summed E-state index contributed by atoms with van der Waals surface area (Å²) in [6.07, 6.45) is 5.56. The number of hydrogen-bond donors (Lipinski definition) is 2. The van der Waals surface area contributed by atoms with Gasteiger partial charge < -0.3 is 14.9 Å². The molecule has 0 amide bonds. The number of aromatic nitrogens is 5. The first-order valence-corrected chi connectivity index (χ1v) is 6.36. The van der Waals surface area contributed by atoms with Crippen LogP contribution in [0.2, 0.25) is 0 Å². The van der Waals surface area contributed by atoms with Crippen molar-refractivity contribution < 1.29 is 14.9 Å². The molecular formula is C12H13N5O3. The molecule has 1 saturated heterocycles. The van der Waals surface area contributed by atoms with Gasteiger partial charge in [-0.25, -0.2) is 15.0 Å². The molecule has 1 fully saturated rings. The van der Waals surface area contributed by atoms with Gasteiger partial charge in [0.2, 0.25) is 0 Å². The van der Waals surface area contributed by atoms with Gasteiger partial charge in [-0.15, -0.1) is 0 Å². The van der Waals surface area contributed by atoms with Crippen molar-refractivity contribution in [2.45, 2.75) is 24.9 Å². The molecule has 2 N–H and O–H groups in total. The molecule has 0 aliphatic carbocycles. The summed E-state index contributed by atoms with van der Waals surface area (Å²) in [5, 5.41) is 19.0. The summed E-state index contributed by atoms with van der Waals surface area (Å²) in [6.45, 7) is -0.206. The van der Waals surface area contributed by atoms with E-state index in [0.29, 0.717) is 17.6 Å². The molecule has 20 heavy (non-hydrogen) atoms. The minimum atomic E-state index is -0.683. The van der Waals surface area contributed by atoms with Gasteiger partial charge in [0, 0.05) is 18.8 Å².